The number of rotatable bonds is 2. The summed E-state index contributed by atoms with van der Waals surface area (Å²) in [5.41, 5.74) is 4.07. The standard InChI is InChI=1S/C32H29N7O/c1-19-13-20(10-12-33-19)26-16-27(39-38-26)32-11-9-24(36-32)15-23-6-5-21(34-23)14-22-7-8-25(35-22)17-31(4)29(40)30(2,3)28(18-32)37-31/h5-18,34,37H,1-4H3,(H,38,39). The van der Waals surface area contributed by atoms with Gasteiger partial charge in [0, 0.05) is 33.8 Å². The second kappa shape index (κ2) is 8.32. The Morgan fingerprint density at radius 2 is 1.70 bits per heavy atom. The average molecular weight is 528 g/mol. The van der Waals surface area contributed by atoms with Gasteiger partial charge in [-0.2, -0.15) is 5.10 Å². The number of fused-ring (bicyclic) bond motifs is 6. The van der Waals surface area contributed by atoms with Crippen molar-refractivity contribution >= 4 is 29.4 Å². The van der Waals surface area contributed by atoms with Gasteiger partial charge >= 0.3 is 0 Å². The van der Waals surface area contributed by atoms with E-state index in [9.17, 15) is 4.79 Å². The Morgan fingerprint density at radius 1 is 0.900 bits per heavy atom. The Hall–Kier alpha value is -4.85. The second-order valence-electron chi connectivity index (χ2n) is 11.5. The molecule has 2 unspecified atom stereocenters. The molecular weight excluding hydrogens is 498 g/mol. The molecule has 198 valence electrons. The first-order chi connectivity index (χ1) is 19.1. The Morgan fingerprint density at radius 3 is 2.50 bits per heavy atom. The zero-order valence-corrected chi connectivity index (χ0v) is 22.8. The first-order valence-electron chi connectivity index (χ1n) is 13.3. The van der Waals surface area contributed by atoms with Crippen LogP contribution in [0.2, 0.25) is 0 Å². The maximum absolute atomic E-state index is 13.9. The number of aryl methyl sites for hydroxylation is 1. The molecule has 1 saturated heterocycles. The fraction of sp³-hybridized carbons (Fsp3) is 0.219. The molecule has 40 heavy (non-hydrogen) atoms. The summed E-state index contributed by atoms with van der Waals surface area (Å²) < 4.78 is 0. The fourth-order valence-electron chi connectivity index (χ4n) is 5.84. The van der Waals surface area contributed by atoms with Crippen LogP contribution in [0.4, 0.5) is 0 Å². The molecular formula is C32H29N7O. The lowest BCUT2D eigenvalue weighted by atomic mass is 9.79. The van der Waals surface area contributed by atoms with Gasteiger partial charge in [-0.25, -0.2) is 4.99 Å². The highest BCUT2D eigenvalue weighted by Gasteiger charge is 2.52. The minimum Gasteiger partial charge on any atom is -0.373 e. The lowest BCUT2D eigenvalue weighted by Crippen LogP contribution is -2.41. The van der Waals surface area contributed by atoms with E-state index in [1.807, 2.05) is 94.5 Å². The maximum atomic E-state index is 13.9. The van der Waals surface area contributed by atoms with Crippen LogP contribution in [0.3, 0.4) is 0 Å². The molecule has 0 spiro atoms. The first kappa shape index (κ1) is 24.2. The number of ketones is 1. The molecule has 8 bridgehead atoms. The van der Waals surface area contributed by atoms with Gasteiger partial charge in [-0.05, 0) is 107 Å². The molecule has 4 aliphatic rings. The van der Waals surface area contributed by atoms with E-state index in [0.717, 1.165) is 56.2 Å². The first-order valence-corrected chi connectivity index (χ1v) is 13.3. The average Bonchev–Trinajstić information content (AvgIpc) is 3.73. The number of H-pyrrole nitrogens is 2. The van der Waals surface area contributed by atoms with Gasteiger partial charge in [0.1, 0.15) is 11.1 Å². The highest BCUT2D eigenvalue weighted by Crippen LogP contribution is 2.44. The van der Waals surface area contributed by atoms with Gasteiger partial charge in [-0.15, -0.1) is 0 Å². The van der Waals surface area contributed by atoms with Crippen LogP contribution in [-0.2, 0) is 10.3 Å². The van der Waals surface area contributed by atoms with Crippen molar-refractivity contribution in [1.29, 1.82) is 0 Å². The van der Waals surface area contributed by atoms with Crippen molar-refractivity contribution in [3.8, 4) is 11.3 Å². The molecule has 7 heterocycles. The number of hydrogen-bond donors (Lipinski definition) is 3. The van der Waals surface area contributed by atoms with Crippen molar-refractivity contribution < 1.29 is 4.79 Å². The number of pyridine rings is 1. The predicted octanol–water partition coefficient (Wildman–Crippen LogP) is 3.32. The molecule has 4 aliphatic heterocycles. The van der Waals surface area contributed by atoms with Gasteiger partial charge in [0.2, 0.25) is 0 Å². The van der Waals surface area contributed by atoms with E-state index in [0.29, 0.717) is 0 Å². The summed E-state index contributed by atoms with van der Waals surface area (Å²) in [5, 5.41) is 13.3. The minimum absolute atomic E-state index is 0.0723. The van der Waals surface area contributed by atoms with E-state index in [4.69, 9.17) is 9.98 Å². The van der Waals surface area contributed by atoms with Gasteiger partial charge < -0.3 is 10.3 Å². The molecule has 0 radical (unpaired) electrons. The van der Waals surface area contributed by atoms with Crippen molar-refractivity contribution in [3.63, 3.8) is 0 Å². The van der Waals surface area contributed by atoms with Crippen LogP contribution in [-0.4, -0.2) is 42.9 Å². The molecule has 2 atom stereocenters. The van der Waals surface area contributed by atoms with Crippen molar-refractivity contribution in [3.05, 3.63) is 106 Å². The normalized spacial score (nSPS) is 25.9. The largest absolute Gasteiger partial charge is 0.373 e. The SMILES string of the molecule is Cc1cc(-c2cc(C34C=CC(=N3)C=c3ccc([nH]3)=CC3=NC(=CC5(C)NC(=C4)C(C)(C)C5=O)C=C3)[nH]n2)ccn1. The summed E-state index contributed by atoms with van der Waals surface area (Å²) >= 11 is 0. The smallest absolute Gasteiger partial charge is 0.173 e. The molecule has 0 saturated carbocycles. The topological polar surface area (TPSA) is 111 Å². The summed E-state index contributed by atoms with van der Waals surface area (Å²) in [5.74, 6) is 0.0723. The lowest BCUT2D eigenvalue weighted by Gasteiger charge is -2.24. The summed E-state index contributed by atoms with van der Waals surface area (Å²) in [6.07, 6.45) is 17.7. The van der Waals surface area contributed by atoms with E-state index in [-0.39, 0.29) is 5.78 Å². The van der Waals surface area contributed by atoms with Crippen molar-refractivity contribution in [2.75, 3.05) is 0 Å². The van der Waals surface area contributed by atoms with Gasteiger partial charge in [0.25, 0.3) is 0 Å². The quantitative estimate of drug-likeness (QED) is 0.475. The molecule has 0 amide bonds. The molecule has 0 aromatic carbocycles. The highest BCUT2D eigenvalue weighted by atomic mass is 16.1. The van der Waals surface area contributed by atoms with Gasteiger partial charge in [-0.3, -0.25) is 19.9 Å². The zero-order chi connectivity index (χ0) is 27.7. The maximum Gasteiger partial charge on any atom is 0.173 e. The number of carbonyl (C=O) groups excluding carboxylic acids is 1. The van der Waals surface area contributed by atoms with Crippen LogP contribution >= 0.6 is 0 Å². The van der Waals surface area contributed by atoms with Crippen molar-refractivity contribution in [2.24, 2.45) is 15.4 Å². The van der Waals surface area contributed by atoms with Crippen molar-refractivity contribution in [1.82, 2.24) is 25.5 Å². The Balaban J connectivity index is 1.44. The van der Waals surface area contributed by atoms with E-state index >= 15 is 0 Å². The number of carbonyl (C=O) groups is 1. The number of allylic oxidation sites excluding steroid dienone is 4. The van der Waals surface area contributed by atoms with E-state index in [1.54, 1.807) is 6.20 Å². The van der Waals surface area contributed by atoms with Crippen LogP contribution in [0.15, 0.2) is 94.4 Å². The number of hydrogen-bond acceptors (Lipinski definition) is 6. The van der Waals surface area contributed by atoms with E-state index < -0.39 is 16.5 Å². The van der Waals surface area contributed by atoms with Gasteiger partial charge in [0.05, 0.1) is 33.9 Å². The summed E-state index contributed by atoms with van der Waals surface area (Å²) in [4.78, 5) is 31.6. The number of aliphatic imine (C=N–C) groups is 2. The molecule has 3 aromatic heterocycles. The number of Topliss-reactive ketones (excluding diaryl/α,β-unsaturated/α-hetero) is 1. The number of nitrogens with zero attached hydrogens (tertiary/aromatic N) is 4. The van der Waals surface area contributed by atoms with Crippen LogP contribution in [0, 0.1) is 12.3 Å². The zero-order valence-electron chi connectivity index (χ0n) is 22.8. The van der Waals surface area contributed by atoms with Gasteiger partial charge in [-0.1, -0.05) is 0 Å². The predicted molar refractivity (Wildman–Crippen MR) is 157 cm³/mol. The summed E-state index contributed by atoms with van der Waals surface area (Å²) in [6.45, 7) is 7.79. The third-order valence-corrected chi connectivity index (χ3v) is 7.95. The monoisotopic (exact) mass is 527 g/mol. The molecule has 1 fully saturated rings. The summed E-state index contributed by atoms with van der Waals surface area (Å²) in [6, 6.07) is 10.0. The third-order valence-electron chi connectivity index (χ3n) is 7.95. The molecule has 8 nitrogen and oxygen atoms in total. The Kier molecular flexibility index (Phi) is 5.04. The molecule has 8 heteroatoms. The van der Waals surface area contributed by atoms with Crippen LogP contribution in [0.25, 0.3) is 23.4 Å². The minimum atomic E-state index is -0.930. The number of aromatic nitrogens is 4. The third kappa shape index (κ3) is 3.87. The Bertz CT molecular complexity index is 1910. The van der Waals surface area contributed by atoms with Crippen LogP contribution in [0.1, 0.15) is 32.2 Å². The lowest BCUT2D eigenvalue weighted by molar-refractivity contribution is -0.126. The molecule has 7 rings (SSSR count). The highest BCUT2D eigenvalue weighted by molar-refractivity contribution is 6.20. The van der Waals surface area contributed by atoms with Crippen LogP contribution in [0.5, 0.6) is 0 Å². The van der Waals surface area contributed by atoms with E-state index in [1.165, 1.54) is 0 Å². The number of nitrogens with one attached hydrogen (secondary N) is 3. The van der Waals surface area contributed by atoms with E-state index in [2.05, 4.69) is 37.6 Å². The molecule has 0 aliphatic carbocycles. The van der Waals surface area contributed by atoms with Crippen LogP contribution < -0.4 is 16.0 Å². The second-order valence-corrected chi connectivity index (χ2v) is 11.5. The Labute approximate surface area is 231 Å². The summed E-state index contributed by atoms with van der Waals surface area (Å²) in [7, 11) is 0. The van der Waals surface area contributed by atoms with Gasteiger partial charge in [0.15, 0.2) is 5.78 Å². The molecule has 3 N–H and O–H groups in total. The number of aromatic amines is 2. The fourth-order valence-corrected chi connectivity index (χ4v) is 5.84. The molecule has 3 aromatic rings. The van der Waals surface area contributed by atoms with Crippen molar-refractivity contribution in [2.45, 2.75) is 38.8 Å².